The maximum absolute atomic E-state index is 13.5. The molecular weight excluding hydrogens is 748 g/mol. The first-order chi connectivity index (χ1) is 19.9. The number of carbonyl (C=O) groups is 1. The van der Waals surface area contributed by atoms with Gasteiger partial charge in [0.2, 0.25) is 5.82 Å². The lowest BCUT2D eigenvalue weighted by molar-refractivity contribution is 0.0696. The molecular formula is C31H19I2N3O5. The summed E-state index contributed by atoms with van der Waals surface area (Å²) < 4.78 is 15.0. The number of furan rings is 1. The van der Waals surface area contributed by atoms with Gasteiger partial charge in [0.25, 0.3) is 5.56 Å². The van der Waals surface area contributed by atoms with E-state index in [2.05, 4.69) is 50.3 Å². The number of halogens is 2. The highest BCUT2D eigenvalue weighted by atomic mass is 127. The average molecular weight is 767 g/mol. The number of carboxylic acid groups (broad SMARTS) is 1. The number of benzene rings is 4. The quantitative estimate of drug-likeness (QED) is 0.136. The van der Waals surface area contributed by atoms with Gasteiger partial charge < -0.3 is 14.3 Å². The first-order valence-electron chi connectivity index (χ1n) is 12.4. The Morgan fingerprint density at radius 2 is 1.73 bits per heavy atom. The molecule has 2 aromatic heterocycles. The Bertz CT molecular complexity index is 1990. The summed E-state index contributed by atoms with van der Waals surface area (Å²) in [5.41, 5.74) is 2.66. The van der Waals surface area contributed by atoms with E-state index in [1.807, 2.05) is 54.6 Å². The lowest BCUT2D eigenvalue weighted by atomic mass is 10.1. The van der Waals surface area contributed by atoms with Crippen molar-refractivity contribution >= 4 is 79.2 Å². The molecule has 1 N–H and O–H groups in total. The first kappa shape index (κ1) is 27.1. The van der Waals surface area contributed by atoms with Gasteiger partial charge in [-0.3, -0.25) is 4.79 Å². The highest BCUT2D eigenvalue weighted by Gasteiger charge is 2.17. The van der Waals surface area contributed by atoms with Crippen LogP contribution in [-0.2, 0) is 6.61 Å². The van der Waals surface area contributed by atoms with Crippen LogP contribution in [0.15, 0.2) is 105 Å². The van der Waals surface area contributed by atoms with Crippen molar-refractivity contribution in [2.24, 2.45) is 5.10 Å². The summed E-state index contributed by atoms with van der Waals surface area (Å²) in [6, 6.07) is 27.1. The van der Waals surface area contributed by atoms with Crippen molar-refractivity contribution in [1.82, 2.24) is 9.66 Å². The van der Waals surface area contributed by atoms with Crippen molar-refractivity contribution in [3.63, 3.8) is 0 Å². The van der Waals surface area contributed by atoms with E-state index in [9.17, 15) is 14.7 Å². The fourth-order valence-corrected chi connectivity index (χ4v) is 6.48. The van der Waals surface area contributed by atoms with Crippen molar-refractivity contribution in [3.05, 3.63) is 125 Å². The summed E-state index contributed by atoms with van der Waals surface area (Å²) in [4.78, 5) is 29.5. The van der Waals surface area contributed by atoms with Gasteiger partial charge in [-0.25, -0.2) is 9.78 Å². The molecule has 0 spiro atoms. The van der Waals surface area contributed by atoms with E-state index in [1.54, 1.807) is 42.6 Å². The number of hydrogen-bond acceptors (Lipinski definition) is 6. The number of hydrogen-bond donors (Lipinski definition) is 1. The molecule has 0 aliphatic carbocycles. The van der Waals surface area contributed by atoms with Crippen LogP contribution in [-0.4, -0.2) is 27.0 Å². The zero-order valence-electron chi connectivity index (χ0n) is 21.1. The van der Waals surface area contributed by atoms with Crippen LogP contribution in [0.4, 0.5) is 0 Å². The number of aromatic nitrogens is 2. The van der Waals surface area contributed by atoms with Crippen LogP contribution in [0.1, 0.15) is 21.5 Å². The second-order valence-corrected chi connectivity index (χ2v) is 11.4. The second-order valence-electron chi connectivity index (χ2n) is 9.07. The molecule has 6 aromatic rings. The highest BCUT2D eigenvalue weighted by molar-refractivity contribution is 14.1. The van der Waals surface area contributed by atoms with Gasteiger partial charge in [-0.15, -0.1) is 0 Å². The van der Waals surface area contributed by atoms with Crippen molar-refractivity contribution in [2.75, 3.05) is 0 Å². The summed E-state index contributed by atoms with van der Waals surface area (Å²) in [6.07, 6.45) is 1.61. The predicted molar refractivity (Wildman–Crippen MR) is 174 cm³/mol. The monoisotopic (exact) mass is 767 g/mol. The predicted octanol–water partition coefficient (Wildman–Crippen LogP) is 7.18. The number of para-hydroxylation sites is 2. The molecule has 0 fully saturated rings. The average Bonchev–Trinajstić information content (AvgIpc) is 3.41. The van der Waals surface area contributed by atoms with E-state index >= 15 is 0 Å². The van der Waals surface area contributed by atoms with Gasteiger partial charge in [0.05, 0.1) is 29.8 Å². The zero-order chi connectivity index (χ0) is 28.5. The van der Waals surface area contributed by atoms with Gasteiger partial charge in [0.1, 0.15) is 17.9 Å². The Morgan fingerprint density at radius 3 is 2.51 bits per heavy atom. The minimum Gasteiger partial charge on any atom is -0.487 e. The molecule has 41 heavy (non-hydrogen) atoms. The SMILES string of the molecule is O=C(O)c1cccc(COc2c(I)cc(C=Nn3c(-c4cc5ccccc5o4)nc4ccccc4c3=O)cc2I)c1. The van der Waals surface area contributed by atoms with Gasteiger partial charge in [-0.05, 0) is 105 Å². The molecule has 8 nitrogen and oxygen atoms in total. The van der Waals surface area contributed by atoms with Crippen LogP contribution >= 0.6 is 45.2 Å². The lowest BCUT2D eigenvalue weighted by Crippen LogP contribution is -2.20. The number of nitrogens with zero attached hydrogens (tertiary/aromatic N) is 3. The lowest BCUT2D eigenvalue weighted by Gasteiger charge is -2.12. The molecule has 0 unspecified atom stereocenters. The molecule has 2 heterocycles. The Labute approximate surface area is 260 Å². The fourth-order valence-electron chi connectivity index (χ4n) is 4.35. The fraction of sp³-hybridized carbons (Fsp3) is 0.0323. The number of rotatable bonds is 7. The third-order valence-electron chi connectivity index (χ3n) is 6.30. The van der Waals surface area contributed by atoms with Crippen molar-refractivity contribution < 1.29 is 19.1 Å². The van der Waals surface area contributed by atoms with E-state index in [4.69, 9.17) is 14.1 Å². The highest BCUT2D eigenvalue weighted by Crippen LogP contribution is 2.30. The van der Waals surface area contributed by atoms with Crippen LogP contribution in [0, 0.1) is 7.14 Å². The normalized spacial score (nSPS) is 11.5. The van der Waals surface area contributed by atoms with Crippen LogP contribution in [0.5, 0.6) is 5.75 Å². The van der Waals surface area contributed by atoms with Gasteiger partial charge >= 0.3 is 5.97 Å². The minimum atomic E-state index is -0.983. The topological polar surface area (TPSA) is 107 Å². The van der Waals surface area contributed by atoms with Crippen LogP contribution in [0.25, 0.3) is 33.5 Å². The molecule has 0 saturated carbocycles. The molecule has 4 aromatic carbocycles. The van der Waals surface area contributed by atoms with Crippen molar-refractivity contribution in [1.29, 1.82) is 0 Å². The molecule has 0 atom stereocenters. The molecule has 0 radical (unpaired) electrons. The Balaban J connectivity index is 1.34. The molecule has 0 saturated heterocycles. The Hall–Kier alpha value is -4.04. The van der Waals surface area contributed by atoms with E-state index in [1.165, 1.54) is 4.68 Å². The molecule has 0 amide bonds. The summed E-state index contributed by atoms with van der Waals surface area (Å²) in [5.74, 6) is 0.431. The van der Waals surface area contributed by atoms with E-state index < -0.39 is 5.97 Å². The van der Waals surface area contributed by atoms with Crippen molar-refractivity contribution in [2.45, 2.75) is 6.61 Å². The maximum atomic E-state index is 13.5. The summed E-state index contributed by atoms with van der Waals surface area (Å²) in [7, 11) is 0. The van der Waals surface area contributed by atoms with Gasteiger partial charge in [0, 0.05) is 5.39 Å². The molecule has 10 heteroatoms. The Kier molecular flexibility index (Phi) is 7.58. The molecule has 6 rings (SSSR count). The number of fused-ring (bicyclic) bond motifs is 2. The molecule has 0 aliphatic rings. The third-order valence-corrected chi connectivity index (χ3v) is 7.90. The molecule has 202 valence electrons. The van der Waals surface area contributed by atoms with E-state index in [0.29, 0.717) is 33.8 Å². The van der Waals surface area contributed by atoms with Crippen molar-refractivity contribution in [3.8, 4) is 17.3 Å². The third kappa shape index (κ3) is 5.61. The number of aromatic carboxylic acids is 1. The van der Waals surface area contributed by atoms with Crippen LogP contribution in [0.3, 0.4) is 0 Å². The summed E-state index contributed by atoms with van der Waals surface area (Å²) >= 11 is 4.37. The van der Waals surface area contributed by atoms with Crippen LogP contribution < -0.4 is 10.3 Å². The summed E-state index contributed by atoms with van der Waals surface area (Å²) in [6.45, 7) is 0.222. The molecule has 0 bridgehead atoms. The minimum absolute atomic E-state index is 0.211. The Morgan fingerprint density at radius 1 is 0.976 bits per heavy atom. The first-order valence-corrected chi connectivity index (χ1v) is 14.5. The molecule has 0 aliphatic heterocycles. The number of ether oxygens (including phenoxy) is 1. The smallest absolute Gasteiger partial charge is 0.335 e. The maximum Gasteiger partial charge on any atom is 0.335 e. The van der Waals surface area contributed by atoms with Crippen LogP contribution in [0.2, 0.25) is 0 Å². The number of carboxylic acids is 1. The van der Waals surface area contributed by atoms with E-state index in [-0.39, 0.29) is 17.7 Å². The van der Waals surface area contributed by atoms with E-state index in [0.717, 1.165) is 23.7 Å². The standard InChI is InChI=1S/C31H19I2N3O5/c32-23-13-19(14-24(33)28(23)40-17-18-6-5-8-21(12-18)31(38)39)16-34-36-29(27-15-20-7-1-4-11-26(20)41-27)35-25-10-3-2-9-22(25)30(36)37/h1-16H,17H2,(H,38,39). The zero-order valence-corrected chi connectivity index (χ0v) is 25.4. The van der Waals surface area contributed by atoms with Gasteiger partial charge in [0.15, 0.2) is 5.76 Å². The second kappa shape index (κ2) is 11.4. The summed E-state index contributed by atoms with van der Waals surface area (Å²) in [5, 5.41) is 15.1. The van der Waals surface area contributed by atoms with Gasteiger partial charge in [-0.2, -0.15) is 9.78 Å². The largest absolute Gasteiger partial charge is 0.487 e. The van der Waals surface area contributed by atoms with Gasteiger partial charge in [-0.1, -0.05) is 42.5 Å².